The molecule has 18 heavy (non-hydrogen) atoms. The molecule has 1 aliphatic rings. The average Bonchev–Trinajstić information content (AvgIpc) is 2.45. The molecule has 0 atom stereocenters. The quantitative estimate of drug-likeness (QED) is 0.798. The summed E-state index contributed by atoms with van der Waals surface area (Å²) in [6, 6.07) is 2.74. The van der Waals surface area contributed by atoms with E-state index in [0.717, 1.165) is 0 Å². The number of benzene rings is 1. The third-order valence-electron chi connectivity index (χ3n) is 3.60. The SMILES string of the molecule is CC1(C)OB(c2ccc(O)c(Cl)c2F)OC1(C)C. The molecular weight excluding hydrogens is 257 g/mol. The number of hydrogen-bond acceptors (Lipinski definition) is 3. The lowest BCUT2D eigenvalue weighted by molar-refractivity contribution is 0.00578. The number of hydrogen-bond donors (Lipinski definition) is 1. The van der Waals surface area contributed by atoms with Crippen LogP contribution in [0.1, 0.15) is 27.7 Å². The van der Waals surface area contributed by atoms with Gasteiger partial charge in [-0.1, -0.05) is 17.7 Å². The lowest BCUT2D eigenvalue weighted by Gasteiger charge is -2.32. The van der Waals surface area contributed by atoms with Gasteiger partial charge < -0.3 is 14.4 Å². The molecular formula is C12H15BClFO3. The molecule has 3 nitrogen and oxygen atoms in total. The van der Waals surface area contributed by atoms with E-state index in [0.29, 0.717) is 0 Å². The van der Waals surface area contributed by atoms with Gasteiger partial charge in [0.05, 0.1) is 11.2 Å². The second-order valence-corrected chi connectivity index (χ2v) is 5.77. The maximum atomic E-state index is 14.0. The van der Waals surface area contributed by atoms with E-state index in [9.17, 15) is 9.50 Å². The minimum absolute atomic E-state index is 0.191. The highest BCUT2D eigenvalue weighted by molar-refractivity contribution is 6.62. The van der Waals surface area contributed by atoms with Crippen LogP contribution in [-0.4, -0.2) is 23.4 Å². The topological polar surface area (TPSA) is 38.7 Å². The molecule has 0 saturated carbocycles. The van der Waals surface area contributed by atoms with Gasteiger partial charge in [0.1, 0.15) is 16.6 Å². The van der Waals surface area contributed by atoms with E-state index in [1.165, 1.54) is 12.1 Å². The summed E-state index contributed by atoms with van der Waals surface area (Å²) in [6.07, 6.45) is 0. The molecule has 2 rings (SSSR count). The van der Waals surface area contributed by atoms with Crippen LogP contribution in [0.3, 0.4) is 0 Å². The molecule has 1 aromatic carbocycles. The molecule has 0 unspecified atom stereocenters. The van der Waals surface area contributed by atoms with E-state index in [1.807, 2.05) is 27.7 Å². The fourth-order valence-corrected chi connectivity index (χ4v) is 1.88. The Bertz CT molecular complexity index is 474. The highest BCUT2D eigenvalue weighted by Crippen LogP contribution is 2.37. The summed E-state index contributed by atoms with van der Waals surface area (Å²) in [5.41, 5.74) is -0.903. The highest BCUT2D eigenvalue weighted by atomic mass is 35.5. The molecule has 1 aromatic rings. The molecule has 1 fully saturated rings. The van der Waals surface area contributed by atoms with E-state index in [1.54, 1.807) is 0 Å². The fraction of sp³-hybridized carbons (Fsp3) is 0.500. The zero-order valence-corrected chi connectivity index (χ0v) is 11.5. The Kier molecular flexibility index (Phi) is 3.12. The van der Waals surface area contributed by atoms with Crippen molar-refractivity contribution in [2.24, 2.45) is 0 Å². The highest BCUT2D eigenvalue weighted by Gasteiger charge is 2.52. The van der Waals surface area contributed by atoms with Crippen LogP contribution in [-0.2, 0) is 9.31 Å². The Labute approximate surface area is 111 Å². The van der Waals surface area contributed by atoms with Gasteiger partial charge >= 0.3 is 7.12 Å². The van der Waals surface area contributed by atoms with Gasteiger partial charge in [0, 0.05) is 5.46 Å². The molecule has 1 N–H and O–H groups in total. The summed E-state index contributed by atoms with van der Waals surface area (Å²) < 4.78 is 25.4. The van der Waals surface area contributed by atoms with Crippen LogP contribution < -0.4 is 5.46 Å². The van der Waals surface area contributed by atoms with Gasteiger partial charge in [-0.3, -0.25) is 0 Å². The van der Waals surface area contributed by atoms with Crippen LogP contribution in [0.5, 0.6) is 5.75 Å². The maximum Gasteiger partial charge on any atom is 0.497 e. The normalized spacial score (nSPS) is 21.3. The summed E-state index contributed by atoms with van der Waals surface area (Å²) in [7, 11) is -0.826. The van der Waals surface area contributed by atoms with E-state index in [-0.39, 0.29) is 16.2 Å². The summed E-state index contributed by atoms with van der Waals surface area (Å²) in [6.45, 7) is 7.53. The van der Waals surface area contributed by atoms with Crippen molar-refractivity contribution in [1.82, 2.24) is 0 Å². The van der Waals surface area contributed by atoms with Crippen LogP contribution in [0.15, 0.2) is 12.1 Å². The Hall–Kier alpha value is -0.775. The van der Waals surface area contributed by atoms with Crippen molar-refractivity contribution >= 4 is 24.2 Å². The van der Waals surface area contributed by atoms with Crippen molar-refractivity contribution in [2.45, 2.75) is 38.9 Å². The fourth-order valence-electron chi connectivity index (χ4n) is 1.71. The molecule has 0 amide bonds. The van der Waals surface area contributed by atoms with Crippen molar-refractivity contribution in [3.63, 3.8) is 0 Å². The van der Waals surface area contributed by atoms with Gasteiger partial charge in [-0.25, -0.2) is 4.39 Å². The number of halogens is 2. The molecule has 1 aliphatic heterocycles. The summed E-state index contributed by atoms with van der Waals surface area (Å²) in [5, 5.41) is 9.00. The first-order chi connectivity index (χ1) is 8.16. The first-order valence-corrected chi connectivity index (χ1v) is 6.06. The lowest BCUT2D eigenvalue weighted by atomic mass is 9.78. The van der Waals surface area contributed by atoms with Crippen molar-refractivity contribution in [3.8, 4) is 5.75 Å². The largest absolute Gasteiger partial charge is 0.506 e. The van der Waals surface area contributed by atoms with Crippen molar-refractivity contribution in [2.75, 3.05) is 0 Å². The molecule has 0 aromatic heterocycles. The van der Waals surface area contributed by atoms with Gasteiger partial charge in [0.25, 0.3) is 0 Å². The summed E-state index contributed by atoms with van der Waals surface area (Å²) in [5.74, 6) is -1.01. The monoisotopic (exact) mass is 272 g/mol. The molecule has 0 radical (unpaired) electrons. The van der Waals surface area contributed by atoms with Gasteiger partial charge in [-0.15, -0.1) is 0 Å². The van der Waals surface area contributed by atoms with Crippen LogP contribution >= 0.6 is 11.6 Å². The summed E-state index contributed by atoms with van der Waals surface area (Å²) >= 11 is 5.67. The first-order valence-electron chi connectivity index (χ1n) is 5.68. The molecule has 6 heteroatoms. The molecule has 0 aliphatic carbocycles. The molecule has 0 spiro atoms. The third-order valence-corrected chi connectivity index (χ3v) is 3.96. The Morgan fingerprint density at radius 2 is 1.67 bits per heavy atom. The standard InChI is InChI=1S/C12H15BClFO3/c1-11(2)12(3,4)18-13(17-11)7-5-6-8(16)9(14)10(7)15/h5-6,16H,1-4H3. The second kappa shape index (κ2) is 4.12. The third kappa shape index (κ3) is 2.00. The average molecular weight is 273 g/mol. The van der Waals surface area contributed by atoms with Crippen molar-refractivity contribution in [1.29, 1.82) is 0 Å². The van der Waals surface area contributed by atoms with Crippen molar-refractivity contribution in [3.05, 3.63) is 23.0 Å². The minimum Gasteiger partial charge on any atom is -0.506 e. The second-order valence-electron chi connectivity index (χ2n) is 5.39. The Morgan fingerprint density at radius 1 is 1.17 bits per heavy atom. The molecule has 1 saturated heterocycles. The lowest BCUT2D eigenvalue weighted by Crippen LogP contribution is -2.41. The number of phenols is 1. The first kappa shape index (κ1) is 13.7. The van der Waals surface area contributed by atoms with Gasteiger partial charge in [0.2, 0.25) is 0 Å². The smallest absolute Gasteiger partial charge is 0.497 e. The zero-order chi connectivity index (χ0) is 13.7. The van der Waals surface area contributed by atoms with Gasteiger partial charge in [0.15, 0.2) is 0 Å². The summed E-state index contributed by atoms with van der Waals surface area (Å²) in [4.78, 5) is 0. The Morgan fingerprint density at radius 3 is 2.17 bits per heavy atom. The molecule has 98 valence electrons. The number of rotatable bonds is 1. The van der Waals surface area contributed by atoms with E-state index >= 15 is 0 Å². The van der Waals surface area contributed by atoms with Gasteiger partial charge in [-0.05, 0) is 33.8 Å². The van der Waals surface area contributed by atoms with Crippen LogP contribution in [0.25, 0.3) is 0 Å². The molecule has 0 bridgehead atoms. The zero-order valence-electron chi connectivity index (χ0n) is 10.8. The van der Waals surface area contributed by atoms with E-state index < -0.39 is 24.1 Å². The Balaban J connectivity index is 2.39. The van der Waals surface area contributed by atoms with Crippen LogP contribution in [0.4, 0.5) is 4.39 Å². The number of aromatic hydroxyl groups is 1. The molecule has 1 heterocycles. The van der Waals surface area contributed by atoms with Crippen molar-refractivity contribution < 1.29 is 18.8 Å². The number of phenolic OH excluding ortho intramolecular Hbond substituents is 1. The van der Waals surface area contributed by atoms with Gasteiger partial charge in [-0.2, -0.15) is 0 Å². The predicted octanol–water partition coefficient (Wildman–Crippen LogP) is 2.48. The predicted molar refractivity (Wildman–Crippen MR) is 68.8 cm³/mol. The van der Waals surface area contributed by atoms with E-state index in [2.05, 4.69) is 0 Å². The maximum absolute atomic E-state index is 14.0. The van der Waals surface area contributed by atoms with Crippen LogP contribution in [0.2, 0.25) is 5.02 Å². The van der Waals surface area contributed by atoms with Crippen LogP contribution in [0, 0.1) is 5.82 Å². The minimum atomic E-state index is -0.826. The van der Waals surface area contributed by atoms with E-state index in [4.69, 9.17) is 20.9 Å².